The van der Waals surface area contributed by atoms with E-state index in [-0.39, 0.29) is 23.7 Å². The molecule has 1 N–H and O–H groups in total. The number of hydrogen-bond acceptors (Lipinski definition) is 4. The van der Waals surface area contributed by atoms with Gasteiger partial charge in [0, 0.05) is 24.8 Å². The second-order valence-electron chi connectivity index (χ2n) is 7.77. The predicted octanol–water partition coefficient (Wildman–Crippen LogP) is 2.16. The number of halogens is 1. The Morgan fingerprint density at radius 2 is 1.73 bits per heavy atom. The van der Waals surface area contributed by atoms with Gasteiger partial charge in [-0.1, -0.05) is 37.3 Å². The van der Waals surface area contributed by atoms with Crippen LogP contribution in [0.15, 0.2) is 30.3 Å². The molecular formula is C19H29ClN2O3S. The number of carbonyl (C=O) groups excluding carboxylic acids is 1. The number of benzene rings is 1. The Balaban J connectivity index is 0.00000243. The Kier molecular flexibility index (Phi) is 6.41. The van der Waals surface area contributed by atoms with Gasteiger partial charge in [-0.05, 0) is 44.3 Å². The van der Waals surface area contributed by atoms with E-state index in [1.807, 2.05) is 23.1 Å². The van der Waals surface area contributed by atoms with Crippen LogP contribution in [0.3, 0.4) is 0 Å². The Bertz CT molecular complexity index is 732. The first-order valence-electron chi connectivity index (χ1n) is 9.04. The van der Waals surface area contributed by atoms with Crippen molar-refractivity contribution >= 4 is 28.2 Å². The van der Waals surface area contributed by atoms with E-state index in [4.69, 9.17) is 0 Å². The third-order valence-corrected chi connectivity index (χ3v) is 7.97. The van der Waals surface area contributed by atoms with Crippen molar-refractivity contribution in [1.29, 1.82) is 0 Å². The maximum absolute atomic E-state index is 13.4. The molecule has 1 aromatic rings. The lowest BCUT2D eigenvalue weighted by Crippen LogP contribution is -2.61. The van der Waals surface area contributed by atoms with E-state index in [0.29, 0.717) is 39.0 Å². The minimum absolute atomic E-state index is 0. The monoisotopic (exact) mass is 400 g/mol. The highest BCUT2D eigenvalue weighted by Gasteiger charge is 2.51. The van der Waals surface area contributed by atoms with Crippen LogP contribution in [0.5, 0.6) is 0 Å². The SMILES string of the molecule is CC1(c2ccccc2)CCCN(C(=O)C2(S(C)(=O)=O)CCNCC2)C1.Cl. The first-order valence-corrected chi connectivity index (χ1v) is 10.9. The van der Waals surface area contributed by atoms with Crippen molar-refractivity contribution in [3.63, 3.8) is 0 Å². The van der Waals surface area contributed by atoms with E-state index in [1.165, 1.54) is 11.8 Å². The van der Waals surface area contributed by atoms with E-state index in [9.17, 15) is 13.2 Å². The minimum atomic E-state index is -3.47. The molecule has 0 radical (unpaired) electrons. The second-order valence-corrected chi connectivity index (χ2v) is 10.1. The summed E-state index contributed by atoms with van der Waals surface area (Å²) >= 11 is 0. The summed E-state index contributed by atoms with van der Waals surface area (Å²) in [6, 6.07) is 10.2. The summed E-state index contributed by atoms with van der Waals surface area (Å²) in [6.45, 7) is 4.55. The van der Waals surface area contributed by atoms with Crippen LogP contribution in [0.1, 0.15) is 38.2 Å². The van der Waals surface area contributed by atoms with Crippen LogP contribution in [-0.4, -0.2) is 56.4 Å². The van der Waals surface area contributed by atoms with Crippen LogP contribution in [0.4, 0.5) is 0 Å². The van der Waals surface area contributed by atoms with Gasteiger partial charge in [0.1, 0.15) is 0 Å². The van der Waals surface area contributed by atoms with E-state index in [1.54, 1.807) is 0 Å². The van der Waals surface area contributed by atoms with Gasteiger partial charge in [0.15, 0.2) is 14.6 Å². The van der Waals surface area contributed by atoms with Crippen molar-refractivity contribution in [2.45, 2.75) is 42.8 Å². The minimum Gasteiger partial charge on any atom is -0.340 e. The van der Waals surface area contributed by atoms with Crippen LogP contribution < -0.4 is 5.32 Å². The van der Waals surface area contributed by atoms with Gasteiger partial charge < -0.3 is 10.2 Å². The molecule has 0 saturated carbocycles. The summed E-state index contributed by atoms with van der Waals surface area (Å²) in [5.74, 6) is -0.196. The zero-order chi connectivity index (χ0) is 18.1. The van der Waals surface area contributed by atoms with Crippen molar-refractivity contribution in [1.82, 2.24) is 10.2 Å². The summed E-state index contributed by atoms with van der Waals surface area (Å²) in [5.41, 5.74) is 1.09. The van der Waals surface area contributed by atoms with Crippen molar-refractivity contribution in [3.8, 4) is 0 Å². The molecule has 146 valence electrons. The summed E-state index contributed by atoms with van der Waals surface area (Å²) in [6.07, 6.45) is 3.85. The van der Waals surface area contributed by atoms with E-state index >= 15 is 0 Å². The van der Waals surface area contributed by atoms with Crippen molar-refractivity contribution in [2.75, 3.05) is 32.4 Å². The number of rotatable bonds is 3. The molecule has 26 heavy (non-hydrogen) atoms. The molecule has 2 aliphatic rings. The number of carbonyl (C=O) groups is 1. The third-order valence-electron chi connectivity index (χ3n) is 5.97. The predicted molar refractivity (Wildman–Crippen MR) is 107 cm³/mol. The molecule has 5 nitrogen and oxygen atoms in total. The number of sulfone groups is 1. The molecule has 3 rings (SSSR count). The Morgan fingerprint density at radius 1 is 1.12 bits per heavy atom. The largest absolute Gasteiger partial charge is 0.340 e. The van der Waals surface area contributed by atoms with Gasteiger partial charge in [0.25, 0.3) is 0 Å². The highest BCUT2D eigenvalue weighted by atomic mass is 35.5. The summed E-state index contributed by atoms with van der Waals surface area (Å²) < 4.78 is 23.8. The Morgan fingerprint density at radius 3 is 2.31 bits per heavy atom. The molecular weight excluding hydrogens is 372 g/mol. The van der Waals surface area contributed by atoms with Gasteiger partial charge in [-0.3, -0.25) is 4.79 Å². The van der Waals surface area contributed by atoms with E-state index < -0.39 is 14.6 Å². The van der Waals surface area contributed by atoms with Crippen LogP contribution in [0.25, 0.3) is 0 Å². The van der Waals surface area contributed by atoms with E-state index in [0.717, 1.165) is 12.8 Å². The van der Waals surface area contributed by atoms with Gasteiger partial charge in [-0.2, -0.15) is 0 Å². The zero-order valence-corrected chi connectivity index (χ0v) is 17.2. The lowest BCUT2D eigenvalue weighted by molar-refractivity contribution is -0.137. The molecule has 7 heteroatoms. The molecule has 1 unspecified atom stereocenters. The number of likely N-dealkylation sites (tertiary alicyclic amines) is 1. The fourth-order valence-corrected chi connectivity index (χ4v) is 5.74. The molecule has 2 aliphatic heterocycles. The van der Waals surface area contributed by atoms with Gasteiger partial charge in [0.2, 0.25) is 5.91 Å². The molecule has 0 spiro atoms. The van der Waals surface area contributed by atoms with Gasteiger partial charge in [-0.25, -0.2) is 8.42 Å². The maximum Gasteiger partial charge on any atom is 0.244 e. The van der Waals surface area contributed by atoms with Crippen molar-refractivity contribution in [3.05, 3.63) is 35.9 Å². The Hall–Kier alpha value is -1.11. The number of amides is 1. The number of hydrogen-bond donors (Lipinski definition) is 1. The van der Waals surface area contributed by atoms with Gasteiger partial charge in [0.05, 0.1) is 0 Å². The molecule has 1 atom stereocenters. The average molecular weight is 401 g/mol. The summed E-state index contributed by atoms with van der Waals surface area (Å²) in [7, 11) is -3.47. The topological polar surface area (TPSA) is 66.5 Å². The summed E-state index contributed by atoms with van der Waals surface area (Å²) in [5, 5.41) is 3.18. The maximum atomic E-state index is 13.4. The average Bonchev–Trinajstić information content (AvgIpc) is 2.61. The molecule has 0 aliphatic carbocycles. The van der Waals surface area contributed by atoms with Gasteiger partial charge in [-0.15, -0.1) is 12.4 Å². The molecule has 1 amide bonds. The molecule has 0 bridgehead atoms. The molecule has 0 aromatic heterocycles. The van der Waals surface area contributed by atoms with Crippen LogP contribution >= 0.6 is 12.4 Å². The highest BCUT2D eigenvalue weighted by Crippen LogP contribution is 2.37. The third kappa shape index (κ3) is 3.78. The lowest BCUT2D eigenvalue weighted by atomic mass is 9.75. The van der Waals surface area contributed by atoms with Crippen molar-refractivity contribution < 1.29 is 13.2 Å². The molecule has 2 saturated heterocycles. The first kappa shape index (κ1) is 21.2. The fourth-order valence-electron chi connectivity index (χ4n) is 4.35. The highest BCUT2D eigenvalue weighted by molar-refractivity contribution is 7.92. The quantitative estimate of drug-likeness (QED) is 0.844. The number of nitrogens with zero attached hydrogens (tertiary/aromatic N) is 1. The number of piperidine rings is 2. The molecule has 2 fully saturated rings. The fraction of sp³-hybridized carbons (Fsp3) is 0.632. The molecule has 2 heterocycles. The summed E-state index contributed by atoms with van der Waals surface area (Å²) in [4.78, 5) is 15.2. The second kappa shape index (κ2) is 7.87. The van der Waals surface area contributed by atoms with Crippen LogP contribution in [0.2, 0.25) is 0 Å². The smallest absolute Gasteiger partial charge is 0.244 e. The van der Waals surface area contributed by atoms with Crippen molar-refractivity contribution in [2.24, 2.45) is 0 Å². The first-order chi connectivity index (χ1) is 11.8. The normalized spacial score (nSPS) is 26.0. The number of nitrogens with one attached hydrogen (secondary N) is 1. The van der Waals surface area contributed by atoms with Crippen LogP contribution in [0, 0.1) is 0 Å². The van der Waals surface area contributed by atoms with Crippen LogP contribution in [-0.2, 0) is 20.0 Å². The lowest BCUT2D eigenvalue weighted by Gasteiger charge is -2.45. The van der Waals surface area contributed by atoms with E-state index in [2.05, 4.69) is 24.4 Å². The van der Waals surface area contributed by atoms with Gasteiger partial charge >= 0.3 is 0 Å². The Labute approximate surface area is 162 Å². The molecule has 1 aromatic carbocycles. The zero-order valence-electron chi connectivity index (χ0n) is 15.5. The standard InChI is InChI=1S/C19H28N2O3S.ClH/c1-18(16-7-4-3-5-8-16)9-6-14-21(15-18)17(22)19(25(2,23)24)10-12-20-13-11-19;/h3-5,7-8,20H,6,9-15H2,1-2H3;1H.